The van der Waals surface area contributed by atoms with Crippen molar-refractivity contribution in [3.8, 4) is 0 Å². The third-order valence-corrected chi connectivity index (χ3v) is 6.92. The Bertz CT molecular complexity index is 1280. The van der Waals surface area contributed by atoms with Crippen LogP contribution in [0.25, 0.3) is 0 Å². The number of amides is 2. The molecule has 0 fully saturated rings. The normalized spacial score (nSPS) is 12.5. The summed E-state index contributed by atoms with van der Waals surface area (Å²) in [6, 6.07) is 13.4. The number of hydrogen-bond donors (Lipinski definition) is 2. The molecule has 0 saturated heterocycles. The Kier molecular flexibility index (Phi) is 6.88. The lowest BCUT2D eigenvalue weighted by molar-refractivity contribution is -0.119. The summed E-state index contributed by atoms with van der Waals surface area (Å²) >= 11 is 1.34. The number of nitrogens with two attached hydrogens (primary N) is 1. The molecule has 0 saturated carbocycles. The van der Waals surface area contributed by atoms with Crippen molar-refractivity contribution < 1.29 is 23.9 Å². The highest BCUT2D eigenvalue weighted by Crippen LogP contribution is 2.37. The number of anilines is 1. The minimum atomic E-state index is -0.785. The molecule has 8 heteroatoms. The number of aryl methyl sites for hydroxylation is 2. The van der Waals surface area contributed by atoms with Gasteiger partial charge in [-0.3, -0.25) is 14.4 Å². The average Bonchev–Trinajstić information content (AvgIpc) is 3.20. The summed E-state index contributed by atoms with van der Waals surface area (Å²) in [6.45, 7) is 1.36. The Morgan fingerprint density at radius 1 is 0.971 bits per heavy atom. The molecule has 4 rings (SSSR count). The summed E-state index contributed by atoms with van der Waals surface area (Å²) in [7, 11) is 0. The van der Waals surface area contributed by atoms with E-state index in [1.807, 2.05) is 19.1 Å². The molecule has 1 aromatic heterocycles. The Labute approximate surface area is 200 Å². The molecule has 3 N–H and O–H groups in total. The minimum Gasteiger partial charge on any atom is -0.452 e. The molecule has 0 spiro atoms. The van der Waals surface area contributed by atoms with Crippen molar-refractivity contribution in [2.24, 2.45) is 5.73 Å². The van der Waals surface area contributed by atoms with E-state index in [0.29, 0.717) is 16.1 Å². The second-order valence-electron chi connectivity index (χ2n) is 8.14. The van der Waals surface area contributed by atoms with E-state index in [0.717, 1.165) is 41.7 Å². The summed E-state index contributed by atoms with van der Waals surface area (Å²) in [5.74, 6) is -2.27. The minimum absolute atomic E-state index is 0.0743. The maximum absolute atomic E-state index is 12.9. The van der Waals surface area contributed by atoms with Crippen molar-refractivity contribution >= 4 is 39.9 Å². The van der Waals surface area contributed by atoms with E-state index in [1.165, 1.54) is 17.4 Å². The lowest BCUT2D eigenvalue weighted by atomic mass is 9.95. The maximum atomic E-state index is 12.9. The highest BCUT2D eigenvalue weighted by molar-refractivity contribution is 7.17. The molecule has 7 nitrogen and oxygen atoms in total. The van der Waals surface area contributed by atoms with Crippen molar-refractivity contribution in [3.05, 3.63) is 86.8 Å². The highest BCUT2D eigenvalue weighted by Gasteiger charge is 2.25. The second-order valence-corrected chi connectivity index (χ2v) is 9.25. The van der Waals surface area contributed by atoms with Crippen LogP contribution in [0.4, 0.5) is 5.00 Å². The van der Waals surface area contributed by atoms with E-state index >= 15 is 0 Å². The van der Waals surface area contributed by atoms with Gasteiger partial charge >= 0.3 is 5.97 Å². The topological polar surface area (TPSA) is 116 Å². The van der Waals surface area contributed by atoms with Gasteiger partial charge in [-0.2, -0.15) is 0 Å². The fourth-order valence-electron chi connectivity index (χ4n) is 4.01. The fraction of sp³-hybridized carbons (Fsp3) is 0.231. The molecule has 0 atom stereocenters. The monoisotopic (exact) mass is 476 g/mol. The van der Waals surface area contributed by atoms with Crippen LogP contribution >= 0.6 is 11.3 Å². The number of primary amides is 1. The first-order valence-corrected chi connectivity index (χ1v) is 11.8. The van der Waals surface area contributed by atoms with Crippen molar-refractivity contribution in [1.82, 2.24) is 0 Å². The average molecular weight is 477 g/mol. The summed E-state index contributed by atoms with van der Waals surface area (Å²) in [4.78, 5) is 51.2. The summed E-state index contributed by atoms with van der Waals surface area (Å²) in [6.07, 6.45) is 3.59. The number of nitrogens with one attached hydrogen (secondary N) is 1. The largest absolute Gasteiger partial charge is 0.452 e. The van der Waals surface area contributed by atoms with Gasteiger partial charge in [-0.25, -0.2) is 4.79 Å². The molecule has 2 amide bonds. The van der Waals surface area contributed by atoms with Crippen LogP contribution in [-0.2, 0) is 22.4 Å². The molecule has 0 bridgehead atoms. The number of rotatable bonds is 7. The van der Waals surface area contributed by atoms with Crippen LogP contribution in [0.1, 0.15) is 65.5 Å². The van der Waals surface area contributed by atoms with E-state index in [2.05, 4.69) is 5.32 Å². The molecule has 0 unspecified atom stereocenters. The van der Waals surface area contributed by atoms with E-state index in [9.17, 15) is 19.2 Å². The van der Waals surface area contributed by atoms with E-state index in [1.54, 1.807) is 30.3 Å². The molecule has 0 radical (unpaired) electrons. The van der Waals surface area contributed by atoms with Gasteiger partial charge in [0.15, 0.2) is 12.4 Å². The van der Waals surface area contributed by atoms with Crippen LogP contribution < -0.4 is 11.1 Å². The first-order chi connectivity index (χ1) is 16.3. The molecule has 2 aromatic carbocycles. The maximum Gasteiger partial charge on any atom is 0.339 e. The zero-order chi connectivity index (χ0) is 24.2. The lowest BCUT2D eigenvalue weighted by Crippen LogP contribution is -2.23. The van der Waals surface area contributed by atoms with Crippen molar-refractivity contribution in [1.29, 1.82) is 0 Å². The van der Waals surface area contributed by atoms with Crippen LogP contribution in [0.5, 0.6) is 0 Å². The van der Waals surface area contributed by atoms with E-state index < -0.39 is 24.4 Å². The van der Waals surface area contributed by atoms with Crippen molar-refractivity contribution in [2.75, 3.05) is 11.9 Å². The molecular formula is C26H24N2O5S. The Hall–Kier alpha value is -3.78. The van der Waals surface area contributed by atoms with Crippen LogP contribution in [0, 0.1) is 6.92 Å². The van der Waals surface area contributed by atoms with Gasteiger partial charge in [-0.15, -0.1) is 11.3 Å². The fourth-order valence-corrected chi connectivity index (χ4v) is 5.32. The first kappa shape index (κ1) is 23.4. The number of fused-ring (bicyclic) bond motifs is 1. The first-order valence-electron chi connectivity index (χ1n) is 11.0. The van der Waals surface area contributed by atoms with Crippen LogP contribution in [0.15, 0.2) is 48.5 Å². The van der Waals surface area contributed by atoms with E-state index in [-0.39, 0.29) is 16.9 Å². The second kappa shape index (κ2) is 10.0. The summed E-state index contributed by atoms with van der Waals surface area (Å²) < 4.78 is 5.20. The molecule has 1 aliphatic rings. The molecule has 34 heavy (non-hydrogen) atoms. The molecule has 3 aromatic rings. The quantitative estimate of drug-likeness (QED) is 0.394. The number of carbonyl (C=O) groups is 4. The number of ether oxygens (including phenoxy) is 1. The van der Waals surface area contributed by atoms with Gasteiger partial charge in [0.1, 0.15) is 5.00 Å². The lowest BCUT2D eigenvalue weighted by Gasteiger charge is -2.11. The van der Waals surface area contributed by atoms with Crippen LogP contribution in [-0.4, -0.2) is 30.2 Å². The zero-order valence-electron chi connectivity index (χ0n) is 18.7. The number of esters is 1. The van der Waals surface area contributed by atoms with Gasteiger partial charge in [-0.1, -0.05) is 48.0 Å². The molecule has 174 valence electrons. The van der Waals surface area contributed by atoms with Gasteiger partial charge in [0.05, 0.1) is 11.1 Å². The van der Waals surface area contributed by atoms with Crippen molar-refractivity contribution in [2.45, 2.75) is 32.6 Å². The van der Waals surface area contributed by atoms with Gasteiger partial charge in [-0.05, 0) is 44.2 Å². The molecular weight excluding hydrogens is 452 g/mol. The predicted octanol–water partition coefficient (Wildman–Crippen LogP) is 4.06. The number of ketones is 1. The van der Waals surface area contributed by atoms with Gasteiger partial charge in [0.2, 0.25) is 0 Å². The Morgan fingerprint density at radius 3 is 2.35 bits per heavy atom. The summed E-state index contributed by atoms with van der Waals surface area (Å²) in [5.41, 5.74) is 8.53. The number of thiophene rings is 1. The van der Waals surface area contributed by atoms with Gasteiger partial charge < -0.3 is 15.8 Å². The standard InChI is InChI=1S/C26H24N2O5S/c1-15-10-12-16(13-11-15)23(30)17-6-2-3-7-18(17)26(32)33-14-21(29)28-25-22(24(27)31)19-8-4-5-9-20(19)34-25/h2-3,6-7,10-13H,4-5,8-9,14H2,1H3,(H2,27,31)(H,28,29). The number of benzene rings is 2. The third-order valence-electron chi connectivity index (χ3n) is 5.71. The van der Waals surface area contributed by atoms with Gasteiger partial charge in [0, 0.05) is 16.0 Å². The predicted molar refractivity (Wildman–Crippen MR) is 129 cm³/mol. The van der Waals surface area contributed by atoms with Gasteiger partial charge in [0.25, 0.3) is 11.8 Å². The highest BCUT2D eigenvalue weighted by atomic mass is 32.1. The number of carbonyl (C=O) groups excluding carboxylic acids is 4. The smallest absolute Gasteiger partial charge is 0.339 e. The third kappa shape index (κ3) is 4.92. The zero-order valence-corrected chi connectivity index (χ0v) is 19.5. The van der Waals surface area contributed by atoms with Crippen LogP contribution in [0.3, 0.4) is 0 Å². The molecule has 1 aliphatic carbocycles. The Morgan fingerprint density at radius 2 is 1.65 bits per heavy atom. The van der Waals surface area contributed by atoms with Crippen molar-refractivity contribution in [3.63, 3.8) is 0 Å². The number of hydrogen-bond acceptors (Lipinski definition) is 6. The summed E-state index contributed by atoms with van der Waals surface area (Å²) in [5, 5.41) is 3.04. The molecule has 1 heterocycles. The molecule has 0 aliphatic heterocycles. The Balaban J connectivity index is 1.45. The van der Waals surface area contributed by atoms with Crippen LogP contribution in [0.2, 0.25) is 0 Å². The van der Waals surface area contributed by atoms with E-state index in [4.69, 9.17) is 10.5 Å². The SMILES string of the molecule is Cc1ccc(C(=O)c2ccccc2C(=O)OCC(=O)Nc2sc3c(c2C(N)=O)CCCC3)cc1.